The van der Waals surface area contributed by atoms with Gasteiger partial charge in [-0.2, -0.15) is 5.10 Å². The molecule has 1 aromatic carbocycles. The first kappa shape index (κ1) is 14.1. The Hall–Kier alpha value is -2.30. The summed E-state index contributed by atoms with van der Waals surface area (Å²) in [5.74, 6) is 0.414. The third-order valence-electron chi connectivity index (χ3n) is 3.02. The van der Waals surface area contributed by atoms with Gasteiger partial charge in [0, 0.05) is 37.1 Å². The van der Waals surface area contributed by atoms with Gasteiger partial charge in [0.2, 0.25) is 0 Å². The molecule has 0 spiro atoms. The molecule has 0 fully saturated rings. The van der Waals surface area contributed by atoms with Crippen molar-refractivity contribution in [2.75, 3.05) is 24.3 Å². The second-order valence-electron chi connectivity index (χ2n) is 4.93. The Morgan fingerprint density at radius 3 is 2.85 bits per heavy atom. The average Bonchev–Trinajstić information content (AvgIpc) is 2.86. The lowest BCUT2D eigenvalue weighted by Crippen LogP contribution is -2.14. The van der Waals surface area contributed by atoms with Gasteiger partial charge in [-0.3, -0.25) is 9.89 Å². The van der Waals surface area contributed by atoms with Crippen molar-refractivity contribution in [3.05, 3.63) is 41.6 Å². The fourth-order valence-corrected chi connectivity index (χ4v) is 1.94. The van der Waals surface area contributed by atoms with E-state index in [0.29, 0.717) is 11.4 Å². The molecule has 1 aromatic heterocycles. The minimum atomic E-state index is -0.150. The summed E-state index contributed by atoms with van der Waals surface area (Å²) in [4.78, 5) is 14.1. The van der Waals surface area contributed by atoms with Crippen LogP contribution in [-0.4, -0.2) is 30.2 Å². The van der Waals surface area contributed by atoms with Crippen LogP contribution in [0.1, 0.15) is 29.4 Å². The van der Waals surface area contributed by atoms with Crippen LogP contribution in [-0.2, 0) is 6.42 Å². The Kier molecular flexibility index (Phi) is 4.40. The minimum absolute atomic E-state index is 0.150. The quantitative estimate of drug-likeness (QED) is 0.879. The molecule has 20 heavy (non-hydrogen) atoms. The molecule has 0 radical (unpaired) electrons. The number of benzene rings is 1. The minimum Gasteiger partial charge on any atom is -0.378 e. The van der Waals surface area contributed by atoms with E-state index in [2.05, 4.69) is 22.4 Å². The van der Waals surface area contributed by atoms with Crippen LogP contribution in [0.4, 0.5) is 11.5 Å². The summed E-state index contributed by atoms with van der Waals surface area (Å²) in [7, 11) is 3.89. The molecule has 0 aliphatic heterocycles. The van der Waals surface area contributed by atoms with Gasteiger partial charge in [0.05, 0.1) is 0 Å². The molecule has 1 amide bonds. The van der Waals surface area contributed by atoms with Gasteiger partial charge < -0.3 is 10.2 Å². The largest absolute Gasteiger partial charge is 0.378 e. The van der Waals surface area contributed by atoms with E-state index in [9.17, 15) is 4.79 Å². The number of aromatic nitrogens is 2. The van der Waals surface area contributed by atoms with Crippen LogP contribution in [0.25, 0.3) is 0 Å². The molecule has 1 heterocycles. The molecule has 0 aliphatic carbocycles. The molecule has 0 saturated carbocycles. The van der Waals surface area contributed by atoms with E-state index in [0.717, 1.165) is 24.2 Å². The number of carbonyl (C=O) groups excluding carboxylic acids is 1. The van der Waals surface area contributed by atoms with Gasteiger partial charge in [-0.1, -0.05) is 19.4 Å². The van der Waals surface area contributed by atoms with Crippen molar-refractivity contribution in [1.82, 2.24) is 10.2 Å². The Balaban J connectivity index is 2.09. The third kappa shape index (κ3) is 3.38. The van der Waals surface area contributed by atoms with E-state index in [1.54, 1.807) is 6.07 Å². The summed E-state index contributed by atoms with van der Waals surface area (Å²) in [6, 6.07) is 9.36. The second kappa shape index (κ2) is 6.23. The topological polar surface area (TPSA) is 61.0 Å². The molecule has 0 bridgehead atoms. The molecule has 5 nitrogen and oxygen atoms in total. The second-order valence-corrected chi connectivity index (χ2v) is 4.93. The standard InChI is InChI=1S/C15H20N4O/c1-4-6-12-10-14(18-17-12)16-15(20)11-7-5-8-13(9-11)19(2)3/h5,7-10H,4,6H2,1-3H3,(H2,16,17,18,20). The number of aryl methyl sites for hydroxylation is 1. The van der Waals surface area contributed by atoms with Crippen molar-refractivity contribution in [3.63, 3.8) is 0 Å². The number of rotatable bonds is 5. The Labute approximate surface area is 119 Å². The lowest BCUT2D eigenvalue weighted by molar-refractivity contribution is 0.102. The van der Waals surface area contributed by atoms with Crippen molar-refractivity contribution in [1.29, 1.82) is 0 Å². The first-order chi connectivity index (χ1) is 9.60. The molecule has 0 aliphatic rings. The molecule has 2 rings (SSSR count). The Morgan fingerprint density at radius 1 is 1.35 bits per heavy atom. The lowest BCUT2D eigenvalue weighted by atomic mass is 10.2. The number of anilines is 2. The highest BCUT2D eigenvalue weighted by atomic mass is 16.1. The van der Waals surface area contributed by atoms with E-state index in [4.69, 9.17) is 0 Å². The van der Waals surface area contributed by atoms with E-state index in [1.807, 2.05) is 43.3 Å². The maximum atomic E-state index is 12.2. The predicted molar refractivity (Wildman–Crippen MR) is 81.3 cm³/mol. The molecular formula is C15H20N4O. The average molecular weight is 272 g/mol. The Bertz CT molecular complexity index is 589. The van der Waals surface area contributed by atoms with Gasteiger partial charge in [-0.25, -0.2) is 0 Å². The number of carbonyl (C=O) groups is 1. The summed E-state index contributed by atoms with van der Waals surface area (Å²) >= 11 is 0. The fraction of sp³-hybridized carbons (Fsp3) is 0.333. The summed E-state index contributed by atoms with van der Waals surface area (Å²) in [5.41, 5.74) is 2.65. The summed E-state index contributed by atoms with van der Waals surface area (Å²) in [6.07, 6.45) is 1.97. The first-order valence-electron chi connectivity index (χ1n) is 6.73. The number of aromatic amines is 1. The van der Waals surface area contributed by atoms with Gasteiger partial charge in [-0.15, -0.1) is 0 Å². The third-order valence-corrected chi connectivity index (χ3v) is 3.02. The Morgan fingerprint density at radius 2 is 2.15 bits per heavy atom. The molecule has 0 saturated heterocycles. The van der Waals surface area contributed by atoms with Crippen molar-refractivity contribution in [2.24, 2.45) is 0 Å². The van der Waals surface area contributed by atoms with Crippen LogP contribution in [0.15, 0.2) is 30.3 Å². The molecule has 106 valence electrons. The molecule has 2 aromatic rings. The van der Waals surface area contributed by atoms with Crippen molar-refractivity contribution < 1.29 is 4.79 Å². The van der Waals surface area contributed by atoms with E-state index >= 15 is 0 Å². The highest BCUT2D eigenvalue weighted by molar-refractivity contribution is 6.04. The van der Waals surface area contributed by atoms with Crippen molar-refractivity contribution in [3.8, 4) is 0 Å². The highest BCUT2D eigenvalue weighted by Gasteiger charge is 2.09. The van der Waals surface area contributed by atoms with Gasteiger partial charge >= 0.3 is 0 Å². The normalized spacial score (nSPS) is 10.3. The van der Waals surface area contributed by atoms with E-state index < -0.39 is 0 Å². The molecule has 5 heteroatoms. The van der Waals surface area contributed by atoms with E-state index in [1.165, 1.54) is 0 Å². The zero-order valence-electron chi connectivity index (χ0n) is 12.1. The van der Waals surface area contributed by atoms with Gasteiger partial charge in [0.15, 0.2) is 5.82 Å². The maximum Gasteiger partial charge on any atom is 0.256 e. The lowest BCUT2D eigenvalue weighted by Gasteiger charge is -2.13. The highest BCUT2D eigenvalue weighted by Crippen LogP contribution is 2.15. The monoisotopic (exact) mass is 272 g/mol. The summed E-state index contributed by atoms with van der Waals surface area (Å²) in [6.45, 7) is 2.10. The molecule has 0 atom stereocenters. The summed E-state index contributed by atoms with van der Waals surface area (Å²) in [5, 5.41) is 9.81. The fourth-order valence-electron chi connectivity index (χ4n) is 1.94. The molecule has 0 unspecified atom stereocenters. The number of hydrogen-bond donors (Lipinski definition) is 2. The molecular weight excluding hydrogens is 252 g/mol. The number of nitrogens with one attached hydrogen (secondary N) is 2. The zero-order valence-corrected chi connectivity index (χ0v) is 12.1. The van der Waals surface area contributed by atoms with E-state index in [-0.39, 0.29) is 5.91 Å². The molecule has 2 N–H and O–H groups in total. The van der Waals surface area contributed by atoms with Crippen LogP contribution >= 0.6 is 0 Å². The summed E-state index contributed by atoms with van der Waals surface area (Å²) < 4.78 is 0. The van der Waals surface area contributed by atoms with Crippen molar-refractivity contribution >= 4 is 17.4 Å². The predicted octanol–water partition coefficient (Wildman–Crippen LogP) is 2.68. The SMILES string of the molecule is CCCc1cc(NC(=O)c2cccc(N(C)C)c2)n[nH]1. The smallest absolute Gasteiger partial charge is 0.256 e. The number of H-pyrrole nitrogens is 1. The number of nitrogens with zero attached hydrogens (tertiary/aromatic N) is 2. The van der Waals surface area contributed by atoms with Gasteiger partial charge in [0.25, 0.3) is 5.91 Å². The van der Waals surface area contributed by atoms with Crippen LogP contribution < -0.4 is 10.2 Å². The van der Waals surface area contributed by atoms with Crippen molar-refractivity contribution in [2.45, 2.75) is 19.8 Å². The van der Waals surface area contributed by atoms with Crippen LogP contribution in [0, 0.1) is 0 Å². The van der Waals surface area contributed by atoms with Gasteiger partial charge in [0.1, 0.15) is 0 Å². The number of amides is 1. The van der Waals surface area contributed by atoms with Crippen LogP contribution in [0.5, 0.6) is 0 Å². The maximum absolute atomic E-state index is 12.2. The first-order valence-corrected chi connectivity index (χ1v) is 6.73. The van der Waals surface area contributed by atoms with Gasteiger partial charge in [-0.05, 0) is 24.6 Å². The van der Waals surface area contributed by atoms with Crippen LogP contribution in [0.2, 0.25) is 0 Å². The van der Waals surface area contributed by atoms with Crippen LogP contribution in [0.3, 0.4) is 0 Å². The number of hydrogen-bond acceptors (Lipinski definition) is 3. The zero-order chi connectivity index (χ0) is 14.5.